The molecule has 224 valence electrons. The molecule has 0 aliphatic heterocycles. The first-order chi connectivity index (χ1) is 17.0. The number of amides is 1. The van der Waals surface area contributed by atoms with E-state index in [1.54, 1.807) is 0 Å². The van der Waals surface area contributed by atoms with E-state index in [1.165, 1.54) is 0 Å². The summed E-state index contributed by atoms with van der Waals surface area (Å²) in [4.78, 5) is 21.0. The summed E-state index contributed by atoms with van der Waals surface area (Å²) in [6, 6.07) is 1.02. The number of carbonyl (C=O) groups excluding carboxylic acids is 1. The van der Waals surface area contributed by atoms with E-state index in [0.717, 1.165) is 0 Å². The summed E-state index contributed by atoms with van der Waals surface area (Å²) in [5.74, 6) is -63.8. The lowest BCUT2D eigenvalue weighted by molar-refractivity contribution is -0.459. The third kappa shape index (κ3) is 4.72. The van der Waals surface area contributed by atoms with Gasteiger partial charge in [-0.25, -0.2) is 0 Å². The first kappa shape index (κ1) is 33.7. The molecule has 1 rings (SSSR count). The monoisotopic (exact) mass is 614 g/mol. The van der Waals surface area contributed by atoms with Crippen molar-refractivity contribution in [2.45, 2.75) is 47.6 Å². The lowest BCUT2D eigenvalue weighted by atomic mass is 9.89. The fourth-order valence-electron chi connectivity index (χ4n) is 2.41. The second-order valence-electron chi connectivity index (χ2n) is 7.11. The molecule has 1 N–H and O–H groups in total. The van der Waals surface area contributed by atoms with Gasteiger partial charge in [-0.3, -0.25) is 14.9 Å². The number of nitro benzene ring substituents is 1. The minimum Gasteiger partial charge on any atom is -0.495 e. The summed E-state index contributed by atoms with van der Waals surface area (Å²) in [6.45, 7) is 0. The summed E-state index contributed by atoms with van der Waals surface area (Å²) in [7, 11) is 0.636. The number of carbonyl (C=O) groups is 1. The van der Waals surface area contributed by atoms with Gasteiger partial charge in [0.2, 0.25) is 0 Å². The highest BCUT2D eigenvalue weighted by molar-refractivity contribution is 5.98. The van der Waals surface area contributed by atoms with Crippen LogP contribution in [-0.4, -0.2) is 65.6 Å². The predicted octanol–water partition coefficient (Wildman–Crippen LogP) is 6.55. The number of hydrogen-bond donors (Lipinski definition) is 1. The van der Waals surface area contributed by atoms with E-state index in [-0.39, 0.29) is 6.07 Å². The first-order valence-corrected chi connectivity index (χ1v) is 8.86. The third-order valence-electron chi connectivity index (χ3n) is 4.65. The molecule has 39 heavy (non-hydrogen) atoms. The van der Waals surface area contributed by atoms with Crippen LogP contribution in [0, 0.1) is 10.1 Å². The zero-order valence-electron chi connectivity index (χ0n) is 17.7. The van der Waals surface area contributed by atoms with Crippen molar-refractivity contribution in [2.24, 2.45) is 0 Å². The smallest absolute Gasteiger partial charge is 0.460 e. The van der Waals surface area contributed by atoms with E-state index >= 15 is 0 Å². The Morgan fingerprint density at radius 1 is 0.718 bits per heavy atom. The molecule has 0 aliphatic carbocycles. The van der Waals surface area contributed by atoms with E-state index < -0.39 is 75.6 Å². The molecule has 0 fully saturated rings. The van der Waals surface area contributed by atoms with Gasteiger partial charge < -0.3 is 10.1 Å². The highest BCUT2D eigenvalue weighted by atomic mass is 19.4. The Hall–Kier alpha value is -3.30. The van der Waals surface area contributed by atoms with Crippen molar-refractivity contribution in [1.82, 2.24) is 0 Å². The van der Waals surface area contributed by atoms with Gasteiger partial charge in [-0.1, -0.05) is 0 Å². The Morgan fingerprint density at radius 2 is 1.10 bits per heavy atom. The largest absolute Gasteiger partial charge is 0.495 e. The minimum atomic E-state index is -8.85. The average molecular weight is 614 g/mol. The normalized spacial score (nSPS) is 14.7. The Balaban J connectivity index is 3.65. The molecule has 0 saturated carbocycles. The van der Waals surface area contributed by atoms with Gasteiger partial charge in [-0.05, 0) is 6.07 Å². The van der Waals surface area contributed by atoms with Crippen LogP contribution in [0.5, 0.6) is 5.75 Å². The predicted molar refractivity (Wildman–Crippen MR) is 89.0 cm³/mol. The summed E-state index contributed by atoms with van der Waals surface area (Å²) in [5.41, 5.74) is -2.59. The number of anilines is 1. The van der Waals surface area contributed by atoms with Crippen LogP contribution >= 0.6 is 0 Å². The van der Waals surface area contributed by atoms with Crippen molar-refractivity contribution in [3.63, 3.8) is 0 Å². The molecule has 0 unspecified atom stereocenters. The Morgan fingerprint density at radius 3 is 1.46 bits per heavy atom. The lowest BCUT2D eigenvalue weighted by Crippen LogP contribution is -2.75. The Bertz CT molecular complexity index is 1120. The van der Waals surface area contributed by atoms with Crippen LogP contribution in [0.25, 0.3) is 0 Å². The molecule has 0 atom stereocenters. The number of ether oxygens (including phenoxy) is 1. The van der Waals surface area contributed by atoms with E-state index in [4.69, 9.17) is 0 Å². The summed E-state index contributed by atoms with van der Waals surface area (Å²) in [5, 5.41) is 11.2. The van der Waals surface area contributed by atoms with Crippen LogP contribution in [0.3, 0.4) is 0 Å². The highest BCUT2D eigenvalue weighted by Gasteiger charge is 2.95. The zero-order valence-corrected chi connectivity index (χ0v) is 17.7. The van der Waals surface area contributed by atoms with E-state index in [9.17, 15) is 89.5 Å². The Labute approximate surface area is 201 Å². The molecule has 0 radical (unpaired) electrons. The van der Waals surface area contributed by atoms with Crippen LogP contribution in [0.4, 0.5) is 86.0 Å². The molecule has 0 saturated heterocycles. The molecule has 0 aliphatic rings. The van der Waals surface area contributed by atoms with Crippen LogP contribution in [0.1, 0.15) is 0 Å². The summed E-state index contributed by atoms with van der Waals surface area (Å²) < 4.78 is 230. The first-order valence-electron chi connectivity index (χ1n) is 8.86. The number of nitro groups is 1. The number of halogens is 17. The maximum atomic E-state index is 14.0. The average Bonchev–Trinajstić information content (AvgIpc) is 2.77. The van der Waals surface area contributed by atoms with Crippen LogP contribution in [0.15, 0.2) is 18.2 Å². The minimum absolute atomic E-state index is 0.0334. The zero-order chi connectivity index (χ0) is 31.4. The molecule has 6 nitrogen and oxygen atoms in total. The second kappa shape index (κ2) is 9.41. The van der Waals surface area contributed by atoms with Crippen molar-refractivity contribution >= 4 is 17.3 Å². The van der Waals surface area contributed by atoms with Gasteiger partial charge in [0.05, 0.1) is 17.7 Å². The molecular weight excluding hydrogens is 607 g/mol. The van der Waals surface area contributed by atoms with Crippen molar-refractivity contribution in [3.05, 3.63) is 28.3 Å². The number of nitrogens with one attached hydrogen (secondary N) is 1. The number of rotatable bonds is 10. The maximum Gasteiger partial charge on any atom is 0.460 e. The molecule has 0 aromatic heterocycles. The van der Waals surface area contributed by atoms with Crippen molar-refractivity contribution in [3.8, 4) is 5.75 Å². The van der Waals surface area contributed by atoms with Gasteiger partial charge in [0.1, 0.15) is 5.75 Å². The molecule has 0 bridgehead atoms. The Kier molecular flexibility index (Phi) is 8.14. The highest BCUT2D eigenvalue weighted by Crippen LogP contribution is 2.64. The van der Waals surface area contributed by atoms with Gasteiger partial charge in [-0.15, -0.1) is 0 Å². The molecule has 0 heterocycles. The molecule has 1 aromatic rings. The van der Waals surface area contributed by atoms with E-state index in [1.807, 2.05) is 0 Å². The number of non-ortho nitro benzene ring substituents is 1. The second-order valence-corrected chi connectivity index (χ2v) is 7.11. The van der Waals surface area contributed by atoms with Gasteiger partial charge in [-0.2, -0.15) is 74.6 Å². The number of hydrogen-bond acceptors (Lipinski definition) is 4. The van der Waals surface area contributed by atoms with Gasteiger partial charge in [0.25, 0.3) is 5.69 Å². The molecule has 1 aromatic carbocycles. The standard InChI is InChI=1S/C16H7F17N2O4/c1-39-7-3-2-5(35(37)38)4-6(7)34-8(36)9(17,18)10(19,20)11(21,22)12(23,24)13(25,26)14(27,28)15(29,30)16(31,32)33/h2-4H,1H3,(H,34,36). The SMILES string of the molecule is COc1ccc([N+](=O)[O-])cc1NC(=O)C(F)(F)C(F)(F)C(F)(F)C(F)(F)C(F)(F)C(F)(F)C(F)(F)C(F)(F)F. The summed E-state index contributed by atoms with van der Waals surface area (Å²) in [6.07, 6.45) is -7.89. The van der Waals surface area contributed by atoms with E-state index in [2.05, 4.69) is 4.74 Å². The van der Waals surface area contributed by atoms with Crippen molar-refractivity contribution in [2.75, 3.05) is 12.4 Å². The molecule has 1 amide bonds. The third-order valence-corrected chi connectivity index (χ3v) is 4.65. The number of alkyl halides is 17. The lowest BCUT2D eigenvalue weighted by Gasteiger charge is -2.42. The number of benzene rings is 1. The number of methoxy groups -OCH3 is 1. The van der Waals surface area contributed by atoms with Gasteiger partial charge in [0, 0.05) is 12.1 Å². The number of nitrogens with zero attached hydrogens (tertiary/aromatic N) is 1. The van der Waals surface area contributed by atoms with Crippen LogP contribution in [-0.2, 0) is 4.79 Å². The van der Waals surface area contributed by atoms with Crippen LogP contribution in [0.2, 0.25) is 0 Å². The maximum absolute atomic E-state index is 14.0. The topological polar surface area (TPSA) is 81.5 Å². The molecule has 0 spiro atoms. The fourth-order valence-corrected chi connectivity index (χ4v) is 2.41. The van der Waals surface area contributed by atoms with E-state index in [0.29, 0.717) is 24.6 Å². The quantitative estimate of drug-likeness (QED) is 0.184. The fraction of sp³-hybridized carbons (Fsp3) is 0.562. The molecule has 23 heteroatoms. The molecular formula is C16H7F17N2O4. The van der Waals surface area contributed by atoms with Crippen molar-refractivity contribution < 1.29 is 89.1 Å². The summed E-state index contributed by atoms with van der Waals surface area (Å²) >= 11 is 0. The van der Waals surface area contributed by atoms with Crippen LogP contribution < -0.4 is 10.1 Å². The van der Waals surface area contributed by atoms with Gasteiger partial charge >= 0.3 is 53.5 Å². The van der Waals surface area contributed by atoms with Gasteiger partial charge in [0.15, 0.2) is 0 Å². The van der Waals surface area contributed by atoms with Crippen molar-refractivity contribution in [1.29, 1.82) is 0 Å².